The summed E-state index contributed by atoms with van der Waals surface area (Å²) < 4.78 is 23.5. The zero-order valence-electron chi connectivity index (χ0n) is 13.0. The van der Waals surface area contributed by atoms with Gasteiger partial charge in [0.2, 0.25) is 0 Å². The van der Waals surface area contributed by atoms with Crippen molar-refractivity contribution < 1.29 is 18.3 Å². The smallest absolute Gasteiger partial charge is 0.337 e. The number of carboxylic acid groups (broad SMARTS) is 1. The molecule has 0 aliphatic carbocycles. The summed E-state index contributed by atoms with van der Waals surface area (Å²) in [6.45, 7) is 1.81. The van der Waals surface area contributed by atoms with Gasteiger partial charge in [-0.05, 0) is 25.5 Å². The monoisotopic (exact) mass is 334 g/mol. The fourth-order valence-electron chi connectivity index (χ4n) is 3.10. The normalized spacial score (nSPS) is 19.8. The number of hydrogen-bond donors (Lipinski definition) is 1. The lowest BCUT2D eigenvalue weighted by atomic mass is 10.1. The molecule has 0 spiro atoms. The van der Waals surface area contributed by atoms with Crippen molar-refractivity contribution in [3.63, 3.8) is 0 Å². The van der Waals surface area contributed by atoms with Gasteiger partial charge in [-0.25, -0.2) is 13.2 Å². The van der Waals surface area contributed by atoms with E-state index in [9.17, 15) is 18.3 Å². The van der Waals surface area contributed by atoms with Crippen LogP contribution in [0.3, 0.4) is 0 Å². The largest absolute Gasteiger partial charge is 0.478 e. The van der Waals surface area contributed by atoms with Crippen LogP contribution >= 0.6 is 0 Å². The maximum atomic E-state index is 11.7. The van der Waals surface area contributed by atoms with Crippen LogP contribution < -0.4 is 4.90 Å². The molecule has 1 aliphatic heterocycles. The molecule has 1 unspecified atom stereocenters. The molecule has 1 aromatic heterocycles. The number of pyridine rings is 1. The minimum absolute atomic E-state index is 0.0986. The first-order valence-electron chi connectivity index (χ1n) is 7.35. The number of aromatic nitrogens is 1. The standard InChI is InChI=1S/C16H18N2O4S/c1-10-8-14(18(2)11-6-7-23(21,22)9-11)12-4-3-5-13(16(19)20)15(12)17-10/h3-5,8,11H,6-7,9H2,1-2H3,(H,19,20). The van der Waals surface area contributed by atoms with Crippen molar-refractivity contribution in [1.29, 1.82) is 0 Å². The van der Waals surface area contributed by atoms with E-state index in [1.807, 2.05) is 24.1 Å². The second kappa shape index (κ2) is 5.49. The Bertz CT molecular complexity index is 892. The summed E-state index contributed by atoms with van der Waals surface area (Å²) in [5, 5.41) is 10.1. The predicted octanol–water partition coefficient (Wildman–Crippen LogP) is 1.86. The average molecular weight is 334 g/mol. The van der Waals surface area contributed by atoms with Gasteiger partial charge in [-0.3, -0.25) is 4.98 Å². The molecule has 122 valence electrons. The van der Waals surface area contributed by atoms with Crippen LogP contribution in [0.1, 0.15) is 22.5 Å². The number of benzene rings is 1. The summed E-state index contributed by atoms with van der Waals surface area (Å²) in [6.07, 6.45) is 0.584. The molecule has 0 bridgehead atoms. The van der Waals surface area contributed by atoms with Gasteiger partial charge >= 0.3 is 5.97 Å². The van der Waals surface area contributed by atoms with Gasteiger partial charge in [0.15, 0.2) is 9.84 Å². The van der Waals surface area contributed by atoms with Crippen molar-refractivity contribution in [3.8, 4) is 0 Å². The number of aryl methyl sites for hydroxylation is 1. The third kappa shape index (κ3) is 2.88. The fourth-order valence-corrected chi connectivity index (χ4v) is 4.87. The molecular weight excluding hydrogens is 316 g/mol. The zero-order valence-corrected chi connectivity index (χ0v) is 13.8. The summed E-state index contributed by atoms with van der Waals surface area (Å²) in [5.74, 6) is -0.694. The van der Waals surface area contributed by atoms with Gasteiger partial charge in [-0.1, -0.05) is 12.1 Å². The van der Waals surface area contributed by atoms with E-state index < -0.39 is 15.8 Å². The molecule has 3 rings (SSSR count). The molecule has 6 nitrogen and oxygen atoms in total. The Morgan fingerprint density at radius 2 is 2.13 bits per heavy atom. The average Bonchev–Trinajstić information content (AvgIpc) is 2.85. The highest BCUT2D eigenvalue weighted by Gasteiger charge is 2.31. The molecular formula is C16H18N2O4S. The summed E-state index contributed by atoms with van der Waals surface area (Å²) >= 11 is 0. The van der Waals surface area contributed by atoms with Crippen molar-refractivity contribution in [2.75, 3.05) is 23.5 Å². The van der Waals surface area contributed by atoms with Gasteiger partial charge in [-0.15, -0.1) is 0 Å². The van der Waals surface area contributed by atoms with Crippen LogP contribution in [0.5, 0.6) is 0 Å². The molecule has 2 heterocycles. The zero-order chi connectivity index (χ0) is 16.8. The fraction of sp³-hybridized carbons (Fsp3) is 0.375. The number of aromatic carboxylic acids is 1. The summed E-state index contributed by atoms with van der Waals surface area (Å²) in [6, 6.07) is 6.81. The second-order valence-electron chi connectivity index (χ2n) is 5.96. The predicted molar refractivity (Wildman–Crippen MR) is 88.9 cm³/mol. The van der Waals surface area contributed by atoms with E-state index in [1.165, 1.54) is 6.07 Å². The summed E-state index contributed by atoms with van der Waals surface area (Å²) in [7, 11) is -1.13. The molecule has 7 heteroatoms. The lowest BCUT2D eigenvalue weighted by molar-refractivity contribution is 0.0699. The van der Waals surface area contributed by atoms with Gasteiger partial charge in [0.05, 0.1) is 22.6 Å². The lowest BCUT2D eigenvalue weighted by Gasteiger charge is -2.27. The van der Waals surface area contributed by atoms with E-state index in [4.69, 9.17) is 0 Å². The molecule has 0 saturated carbocycles. The third-order valence-corrected chi connectivity index (χ3v) is 6.06. The van der Waals surface area contributed by atoms with E-state index in [-0.39, 0.29) is 23.1 Å². The molecule has 0 amide bonds. The number of fused-ring (bicyclic) bond motifs is 1. The van der Waals surface area contributed by atoms with Crippen LogP contribution in [0.15, 0.2) is 24.3 Å². The number of sulfone groups is 1. The Kier molecular flexibility index (Phi) is 3.75. The van der Waals surface area contributed by atoms with E-state index >= 15 is 0 Å². The molecule has 1 aliphatic rings. The second-order valence-corrected chi connectivity index (χ2v) is 8.19. The first-order valence-corrected chi connectivity index (χ1v) is 9.17. The Balaban J connectivity index is 2.14. The van der Waals surface area contributed by atoms with Crippen molar-refractivity contribution in [2.45, 2.75) is 19.4 Å². The molecule has 1 fully saturated rings. The summed E-state index contributed by atoms with van der Waals surface area (Å²) in [5.41, 5.74) is 2.11. The van der Waals surface area contributed by atoms with Gasteiger partial charge < -0.3 is 10.0 Å². The molecule has 1 saturated heterocycles. The van der Waals surface area contributed by atoms with Crippen LogP contribution in [-0.2, 0) is 9.84 Å². The van der Waals surface area contributed by atoms with Crippen molar-refractivity contribution in [2.24, 2.45) is 0 Å². The van der Waals surface area contributed by atoms with Gasteiger partial charge in [0.1, 0.15) is 0 Å². The Morgan fingerprint density at radius 1 is 1.39 bits per heavy atom. The molecule has 2 aromatic rings. The third-order valence-electron chi connectivity index (χ3n) is 4.31. The molecule has 1 N–H and O–H groups in total. The Hall–Kier alpha value is -2.15. The topological polar surface area (TPSA) is 87.6 Å². The minimum atomic E-state index is -2.98. The first-order chi connectivity index (χ1) is 10.8. The van der Waals surface area contributed by atoms with Crippen molar-refractivity contribution in [1.82, 2.24) is 4.98 Å². The Labute approximate surface area is 134 Å². The first kappa shape index (κ1) is 15.7. The van der Waals surface area contributed by atoms with Crippen molar-refractivity contribution in [3.05, 3.63) is 35.5 Å². The van der Waals surface area contributed by atoms with Crippen LogP contribution in [0.2, 0.25) is 0 Å². The van der Waals surface area contributed by atoms with Gasteiger partial charge in [0, 0.05) is 29.9 Å². The van der Waals surface area contributed by atoms with E-state index in [0.717, 1.165) is 11.1 Å². The minimum Gasteiger partial charge on any atom is -0.478 e. The number of hydrogen-bond acceptors (Lipinski definition) is 5. The van der Waals surface area contributed by atoms with Crippen LogP contribution in [0, 0.1) is 6.92 Å². The van der Waals surface area contributed by atoms with Gasteiger partial charge in [-0.2, -0.15) is 0 Å². The number of rotatable bonds is 3. The van der Waals surface area contributed by atoms with Crippen LogP contribution in [0.25, 0.3) is 10.9 Å². The van der Waals surface area contributed by atoms with Crippen LogP contribution in [-0.4, -0.2) is 49.1 Å². The highest BCUT2D eigenvalue weighted by atomic mass is 32.2. The lowest BCUT2D eigenvalue weighted by Crippen LogP contribution is -2.32. The highest BCUT2D eigenvalue weighted by Crippen LogP contribution is 2.31. The molecule has 0 radical (unpaired) electrons. The molecule has 1 aromatic carbocycles. The van der Waals surface area contributed by atoms with Crippen molar-refractivity contribution >= 4 is 32.4 Å². The number of para-hydroxylation sites is 1. The summed E-state index contributed by atoms with van der Waals surface area (Å²) in [4.78, 5) is 17.7. The SMILES string of the molecule is Cc1cc(N(C)C2CCS(=O)(=O)C2)c2cccc(C(=O)O)c2n1. The number of carbonyl (C=O) groups is 1. The van der Waals surface area contributed by atoms with E-state index in [2.05, 4.69) is 4.98 Å². The quantitative estimate of drug-likeness (QED) is 0.922. The van der Waals surface area contributed by atoms with E-state index in [1.54, 1.807) is 13.0 Å². The number of nitrogens with zero attached hydrogens (tertiary/aromatic N) is 2. The maximum absolute atomic E-state index is 11.7. The molecule has 23 heavy (non-hydrogen) atoms. The van der Waals surface area contributed by atoms with Gasteiger partial charge in [0.25, 0.3) is 0 Å². The maximum Gasteiger partial charge on any atom is 0.337 e. The Morgan fingerprint density at radius 3 is 2.74 bits per heavy atom. The molecule has 1 atom stereocenters. The number of anilines is 1. The van der Waals surface area contributed by atoms with E-state index in [0.29, 0.717) is 17.6 Å². The van der Waals surface area contributed by atoms with Crippen LogP contribution in [0.4, 0.5) is 5.69 Å². The number of carboxylic acids is 1. The highest BCUT2D eigenvalue weighted by molar-refractivity contribution is 7.91.